The lowest BCUT2D eigenvalue weighted by molar-refractivity contribution is 0.0690. The van der Waals surface area contributed by atoms with E-state index in [4.69, 9.17) is 6.57 Å². The third-order valence-corrected chi connectivity index (χ3v) is 5.37. The Balaban J connectivity index is 2.26. The summed E-state index contributed by atoms with van der Waals surface area (Å²) in [5.74, 6) is -2.54. The Morgan fingerprint density at radius 2 is 1.82 bits per heavy atom. The number of pyridine rings is 1. The second kappa shape index (κ2) is 8.39. The van der Waals surface area contributed by atoms with E-state index in [2.05, 4.69) is 35.6 Å². The zero-order valence-corrected chi connectivity index (χ0v) is 19.5. The molecule has 0 amide bonds. The fourth-order valence-electron chi connectivity index (χ4n) is 3.87. The Kier molecular flexibility index (Phi) is 6.12. The normalized spacial score (nSPS) is 12.0. The molecule has 0 unspecified atom stereocenters. The molecule has 3 rings (SSSR count). The van der Waals surface area contributed by atoms with Crippen LogP contribution in [-0.2, 0) is 18.9 Å². The lowest BCUT2D eigenvalue weighted by Gasteiger charge is -2.26. The van der Waals surface area contributed by atoms with Crippen LogP contribution in [0.4, 0.5) is 14.5 Å². The number of halogens is 2. The van der Waals surface area contributed by atoms with Gasteiger partial charge in [0.2, 0.25) is 0 Å². The summed E-state index contributed by atoms with van der Waals surface area (Å²) in [5.41, 5.74) is 0.0717. The summed E-state index contributed by atoms with van der Waals surface area (Å²) >= 11 is 0. The van der Waals surface area contributed by atoms with Gasteiger partial charge in [0.15, 0.2) is 5.69 Å². The van der Waals surface area contributed by atoms with E-state index >= 15 is 4.39 Å². The highest BCUT2D eigenvalue weighted by Gasteiger charge is 2.32. The minimum atomic E-state index is -1.14. The first-order valence-electron chi connectivity index (χ1n) is 10.4. The molecule has 2 heterocycles. The van der Waals surface area contributed by atoms with Crippen molar-refractivity contribution in [3.05, 3.63) is 76.3 Å². The number of rotatable bonds is 5. The van der Waals surface area contributed by atoms with Gasteiger partial charge in [-0.2, -0.15) is 0 Å². The van der Waals surface area contributed by atoms with Crippen LogP contribution in [0.5, 0.6) is 0 Å². The van der Waals surface area contributed by atoms with E-state index in [0.717, 1.165) is 11.6 Å². The maximum absolute atomic E-state index is 15.0. The number of aromatic carboxylic acids is 1. The van der Waals surface area contributed by atoms with Crippen molar-refractivity contribution >= 4 is 11.7 Å². The molecule has 0 atom stereocenters. The highest BCUT2D eigenvalue weighted by atomic mass is 19.1. The second-order valence-corrected chi connectivity index (χ2v) is 9.84. The number of aromatic nitrogens is 3. The highest BCUT2D eigenvalue weighted by Crippen LogP contribution is 2.36. The summed E-state index contributed by atoms with van der Waals surface area (Å²) in [6.07, 6.45) is 2.09. The second-order valence-electron chi connectivity index (χ2n) is 9.84. The number of nitrogens with zero attached hydrogens (tertiary/aromatic N) is 4. The van der Waals surface area contributed by atoms with Crippen LogP contribution in [0.3, 0.4) is 0 Å². The van der Waals surface area contributed by atoms with Crippen molar-refractivity contribution in [1.82, 2.24) is 14.5 Å². The van der Waals surface area contributed by atoms with Crippen molar-refractivity contribution in [2.24, 2.45) is 12.5 Å². The Bertz CT molecular complexity index is 1280. The molecule has 0 aliphatic heterocycles. The summed E-state index contributed by atoms with van der Waals surface area (Å²) in [5, 5.41) is 9.34. The van der Waals surface area contributed by atoms with Gasteiger partial charge in [-0.25, -0.2) is 23.4 Å². The molecule has 0 radical (unpaired) electrons. The van der Waals surface area contributed by atoms with Crippen molar-refractivity contribution in [3.8, 4) is 11.3 Å². The summed E-state index contributed by atoms with van der Waals surface area (Å²) in [6, 6.07) is 5.99. The first kappa shape index (κ1) is 24.1. The lowest BCUT2D eigenvalue weighted by Crippen LogP contribution is -2.26. The topological polar surface area (TPSA) is 72.4 Å². The molecule has 172 valence electrons. The number of carboxylic acid groups (broad SMARTS) is 1. The number of hydrogen-bond acceptors (Lipinski definition) is 3. The van der Waals surface area contributed by atoms with Gasteiger partial charge in [0.05, 0.1) is 23.4 Å². The Morgan fingerprint density at radius 3 is 2.36 bits per heavy atom. The molecule has 0 bridgehead atoms. The highest BCUT2D eigenvalue weighted by molar-refractivity contribution is 5.85. The molecule has 0 aliphatic carbocycles. The molecule has 6 nitrogen and oxygen atoms in total. The van der Waals surface area contributed by atoms with Crippen molar-refractivity contribution in [2.45, 2.75) is 46.5 Å². The van der Waals surface area contributed by atoms with Crippen molar-refractivity contribution < 1.29 is 18.7 Å². The Labute approximate surface area is 191 Å². The molecule has 3 aromatic rings. The molecule has 0 saturated heterocycles. The molecule has 1 N–H and O–H groups in total. The summed E-state index contributed by atoms with van der Waals surface area (Å²) < 4.78 is 30.6. The standard InChI is InChI=1S/C25H26F2N4O2/c1-24(2,3)12-14-10-17(15-8-9-16(26)21(28-6)20(15)27)29-19(11-14)25(4,5)23-30-18(22(32)33)13-31(23)7/h8-11,13H,12H2,1-5,7H3,(H,32,33). The van der Waals surface area contributed by atoms with Gasteiger partial charge in [-0.05, 0) is 55.5 Å². The number of aryl methyl sites for hydroxylation is 1. The van der Waals surface area contributed by atoms with E-state index in [1.54, 1.807) is 17.7 Å². The fourth-order valence-corrected chi connectivity index (χ4v) is 3.87. The van der Waals surface area contributed by atoms with E-state index in [-0.39, 0.29) is 22.4 Å². The molecular formula is C25H26F2N4O2. The summed E-state index contributed by atoms with van der Waals surface area (Å²) in [7, 11) is 1.71. The van der Waals surface area contributed by atoms with Crippen LogP contribution in [0.15, 0.2) is 30.5 Å². The SMILES string of the molecule is [C-]#[N+]c1c(F)ccc(-c2cc(CC(C)(C)C)cc(C(C)(C)c3nc(C(=O)O)cn3C)n2)c1F. The van der Waals surface area contributed by atoms with E-state index in [1.165, 1.54) is 12.3 Å². The third-order valence-electron chi connectivity index (χ3n) is 5.37. The van der Waals surface area contributed by atoms with Gasteiger partial charge in [-0.1, -0.05) is 20.8 Å². The predicted octanol–water partition coefficient (Wildman–Crippen LogP) is 5.92. The van der Waals surface area contributed by atoms with Crippen LogP contribution in [-0.4, -0.2) is 25.6 Å². The summed E-state index contributed by atoms with van der Waals surface area (Å²) in [6.45, 7) is 17.1. The maximum Gasteiger partial charge on any atom is 0.356 e. The van der Waals surface area contributed by atoms with Crippen molar-refractivity contribution in [1.29, 1.82) is 0 Å². The van der Waals surface area contributed by atoms with Crippen molar-refractivity contribution in [2.75, 3.05) is 0 Å². The average Bonchev–Trinajstić information content (AvgIpc) is 3.09. The van der Waals surface area contributed by atoms with Crippen LogP contribution >= 0.6 is 0 Å². The molecule has 0 saturated carbocycles. The molecular weight excluding hydrogens is 426 g/mol. The first-order valence-corrected chi connectivity index (χ1v) is 10.4. The van der Waals surface area contributed by atoms with Gasteiger partial charge in [0.1, 0.15) is 17.5 Å². The van der Waals surface area contributed by atoms with Crippen LogP contribution in [0.2, 0.25) is 0 Å². The third kappa shape index (κ3) is 4.77. The molecule has 0 spiro atoms. The number of benzene rings is 1. The molecule has 0 aliphatic rings. The largest absolute Gasteiger partial charge is 0.476 e. The maximum atomic E-state index is 15.0. The van der Waals surface area contributed by atoms with Crippen molar-refractivity contribution in [3.63, 3.8) is 0 Å². The fraction of sp³-hybridized carbons (Fsp3) is 0.360. The quantitative estimate of drug-likeness (QED) is 0.488. The molecule has 1 aromatic carbocycles. The van der Waals surface area contributed by atoms with E-state index < -0.39 is 28.7 Å². The number of imidazole rings is 1. The monoisotopic (exact) mass is 452 g/mol. The molecule has 2 aromatic heterocycles. The Morgan fingerprint density at radius 1 is 1.15 bits per heavy atom. The zero-order valence-electron chi connectivity index (χ0n) is 19.5. The molecule has 33 heavy (non-hydrogen) atoms. The first-order chi connectivity index (χ1) is 15.2. The molecule has 0 fully saturated rings. The van der Waals surface area contributed by atoms with Crippen LogP contribution in [0.1, 0.15) is 62.2 Å². The van der Waals surface area contributed by atoms with E-state index in [1.807, 2.05) is 19.9 Å². The number of carboxylic acids is 1. The number of carbonyl (C=O) groups is 1. The smallest absolute Gasteiger partial charge is 0.356 e. The van der Waals surface area contributed by atoms with Gasteiger partial charge in [0, 0.05) is 18.8 Å². The van der Waals surface area contributed by atoms with Gasteiger partial charge in [-0.15, -0.1) is 0 Å². The van der Waals surface area contributed by atoms with E-state index in [0.29, 0.717) is 17.9 Å². The van der Waals surface area contributed by atoms with Gasteiger partial charge in [0.25, 0.3) is 5.69 Å². The van der Waals surface area contributed by atoms with Crippen LogP contribution in [0, 0.1) is 23.6 Å². The van der Waals surface area contributed by atoms with Gasteiger partial charge in [-0.3, -0.25) is 4.98 Å². The average molecular weight is 453 g/mol. The zero-order chi connectivity index (χ0) is 24.7. The summed E-state index contributed by atoms with van der Waals surface area (Å²) in [4.78, 5) is 23.4. The van der Waals surface area contributed by atoms with E-state index in [9.17, 15) is 14.3 Å². The van der Waals surface area contributed by atoms with Crippen LogP contribution < -0.4 is 0 Å². The minimum Gasteiger partial charge on any atom is -0.476 e. The minimum absolute atomic E-state index is 0.0290. The Hall–Kier alpha value is -3.60. The van der Waals surface area contributed by atoms with Gasteiger partial charge >= 0.3 is 5.97 Å². The van der Waals surface area contributed by atoms with Crippen LogP contribution in [0.25, 0.3) is 16.1 Å². The predicted molar refractivity (Wildman–Crippen MR) is 121 cm³/mol. The molecule has 8 heteroatoms. The number of hydrogen-bond donors (Lipinski definition) is 1. The lowest BCUT2D eigenvalue weighted by atomic mass is 9.83. The van der Waals surface area contributed by atoms with Gasteiger partial charge < -0.3 is 9.67 Å².